The molecule has 1 heterocycles. The minimum absolute atomic E-state index is 0.0911. The lowest BCUT2D eigenvalue weighted by Crippen LogP contribution is -2.14. The topological polar surface area (TPSA) is 43.3 Å². The van der Waals surface area contributed by atoms with Gasteiger partial charge < -0.3 is 14.6 Å². The van der Waals surface area contributed by atoms with Crippen molar-refractivity contribution >= 4 is 11.6 Å². The third-order valence-corrected chi connectivity index (χ3v) is 4.65. The average molecular weight is 348 g/mol. The molecule has 3 rings (SSSR count). The van der Waals surface area contributed by atoms with Gasteiger partial charge in [0.1, 0.15) is 5.75 Å². The van der Waals surface area contributed by atoms with Crippen LogP contribution < -0.4 is 10.1 Å². The monoisotopic (exact) mass is 348 g/mol. The van der Waals surface area contributed by atoms with E-state index in [-0.39, 0.29) is 5.91 Å². The van der Waals surface area contributed by atoms with Gasteiger partial charge in [0.2, 0.25) is 0 Å². The van der Waals surface area contributed by atoms with Crippen molar-refractivity contribution < 1.29 is 9.53 Å². The van der Waals surface area contributed by atoms with Crippen molar-refractivity contribution in [3.8, 4) is 11.4 Å². The van der Waals surface area contributed by atoms with Gasteiger partial charge in [-0.3, -0.25) is 4.79 Å². The number of rotatable bonds is 4. The molecule has 0 radical (unpaired) electrons. The Labute approximate surface area is 154 Å². The largest absolute Gasteiger partial charge is 0.497 e. The summed E-state index contributed by atoms with van der Waals surface area (Å²) in [6, 6.07) is 15.8. The molecule has 0 unspecified atom stereocenters. The van der Waals surface area contributed by atoms with Gasteiger partial charge >= 0.3 is 0 Å². The van der Waals surface area contributed by atoms with E-state index in [2.05, 4.69) is 9.88 Å². The number of aryl methyl sites for hydroxylation is 3. The summed E-state index contributed by atoms with van der Waals surface area (Å²) in [6.45, 7) is 7.99. The van der Waals surface area contributed by atoms with Crippen LogP contribution in [0.2, 0.25) is 0 Å². The number of hydrogen-bond donors (Lipinski definition) is 1. The van der Waals surface area contributed by atoms with Crippen LogP contribution in [0.4, 0.5) is 5.69 Å². The van der Waals surface area contributed by atoms with Crippen molar-refractivity contribution in [2.45, 2.75) is 27.7 Å². The lowest BCUT2D eigenvalue weighted by molar-refractivity contribution is 0.102. The highest BCUT2D eigenvalue weighted by Crippen LogP contribution is 2.24. The first-order valence-electron chi connectivity index (χ1n) is 8.62. The molecule has 0 saturated heterocycles. The van der Waals surface area contributed by atoms with Gasteiger partial charge in [0, 0.05) is 22.8 Å². The van der Waals surface area contributed by atoms with Crippen molar-refractivity contribution in [1.29, 1.82) is 0 Å². The van der Waals surface area contributed by atoms with Crippen molar-refractivity contribution in [1.82, 2.24) is 4.57 Å². The number of amides is 1. The second kappa shape index (κ2) is 7.08. The molecule has 0 fully saturated rings. The molecule has 2 aromatic carbocycles. The first-order valence-corrected chi connectivity index (χ1v) is 8.62. The highest BCUT2D eigenvalue weighted by Gasteiger charge is 2.17. The molecular weight excluding hydrogens is 324 g/mol. The van der Waals surface area contributed by atoms with Gasteiger partial charge in [0.15, 0.2) is 0 Å². The van der Waals surface area contributed by atoms with E-state index in [1.165, 1.54) is 0 Å². The van der Waals surface area contributed by atoms with Gasteiger partial charge in [0.25, 0.3) is 5.91 Å². The number of anilines is 1. The summed E-state index contributed by atoms with van der Waals surface area (Å²) in [7, 11) is 1.65. The third kappa shape index (κ3) is 3.36. The van der Waals surface area contributed by atoms with Gasteiger partial charge in [-0.15, -0.1) is 0 Å². The van der Waals surface area contributed by atoms with Crippen LogP contribution in [0.3, 0.4) is 0 Å². The summed E-state index contributed by atoms with van der Waals surface area (Å²) in [4.78, 5) is 12.9. The molecule has 0 atom stereocenters. The third-order valence-electron chi connectivity index (χ3n) is 4.65. The number of methoxy groups -OCH3 is 1. The fraction of sp³-hybridized carbons (Fsp3) is 0.227. The van der Waals surface area contributed by atoms with Crippen molar-refractivity contribution in [3.05, 3.63) is 76.6 Å². The molecule has 3 aromatic rings. The zero-order chi connectivity index (χ0) is 18.8. The molecule has 0 saturated carbocycles. The van der Waals surface area contributed by atoms with Gasteiger partial charge in [-0.25, -0.2) is 0 Å². The van der Waals surface area contributed by atoms with Crippen molar-refractivity contribution in [2.24, 2.45) is 0 Å². The van der Waals surface area contributed by atoms with E-state index in [0.717, 1.165) is 39.6 Å². The van der Waals surface area contributed by atoms with Crippen LogP contribution >= 0.6 is 0 Å². The summed E-state index contributed by atoms with van der Waals surface area (Å²) < 4.78 is 7.30. The fourth-order valence-electron chi connectivity index (χ4n) is 3.18. The number of carbonyl (C=O) groups excluding carboxylic acids is 1. The van der Waals surface area contributed by atoms with Gasteiger partial charge in [0.05, 0.1) is 12.7 Å². The first kappa shape index (κ1) is 17.8. The van der Waals surface area contributed by atoms with Crippen LogP contribution in [0.5, 0.6) is 5.75 Å². The maximum atomic E-state index is 12.9. The summed E-state index contributed by atoms with van der Waals surface area (Å²) in [6.07, 6.45) is 0. The van der Waals surface area contributed by atoms with E-state index in [0.29, 0.717) is 5.56 Å². The molecule has 0 aliphatic heterocycles. The standard InChI is InChI=1S/C22H24N2O2/c1-14-6-7-15(2)21(12-14)23-22(25)20-13-16(3)24(17(20)4)18-8-10-19(26-5)11-9-18/h6-13H,1-5H3,(H,23,25). The van der Waals surface area contributed by atoms with Crippen LogP contribution in [-0.4, -0.2) is 17.6 Å². The Bertz CT molecular complexity index is 953. The van der Waals surface area contributed by atoms with Crippen LogP contribution in [0.15, 0.2) is 48.5 Å². The number of nitrogens with zero attached hydrogens (tertiary/aromatic N) is 1. The van der Waals surface area contributed by atoms with E-state index in [4.69, 9.17) is 4.74 Å². The highest BCUT2D eigenvalue weighted by molar-refractivity contribution is 6.05. The summed E-state index contributed by atoms with van der Waals surface area (Å²) >= 11 is 0. The minimum atomic E-state index is -0.0911. The Morgan fingerprint density at radius 2 is 1.65 bits per heavy atom. The van der Waals surface area contributed by atoms with Gasteiger partial charge in [-0.2, -0.15) is 0 Å². The second-order valence-corrected chi connectivity index (χ2v) is 6.59. The zero-order valence-corrected chi connectivity index (χ0v) is 15.9. The van der Waals surface area contributed by atoms with Crippen LogP contribution in [-0.2, 0) is 0 Å². The lowest BCUT2D eigenvalue weighted by Gasteiger charge is -2.12. The molecule has 1 amide bonds. The Kier molecular flexibility index (Phi) is 4.85. The number of carbonyl (C=O) groups is 1. The molecule has 1 aromatic heterocycles. The van der Waals surface area contributed by atoms with E-state index >= 15 is 0 Å². The quantitative estimate of drug-likeness (QED) is 0.723. The highest BCUT2D eigenvalue weighted by atomic mass is 16.5. The van der Waals surface area contributed by atoms with Gasteiger partial charge in [-0.05, 0) is 75.2 Å². The van der Waals surface area contributed by atoms with Crippen molar-refractivity contribution in [2.75, 3.05) is 12.4 Å². The number of benzene rings is 2. The molecule has 4 heteroatoms. The first-order chi connectivity index (χ1) is 12.4. The molecular formula is C22H24N2O2. The van der Waals surface area contributed by atoms with E-state index in [1.807, 2.05) is 76.2 Å². The smallest absolute Gasteiger partial charge is 0.257 e. The predicted octanol–water partition coefficient (Wildman–Crippen LogP) is 4.97. The van der Waals surface area contributed by atoms with E-state index in [9.17, 15) is 4.79 Å². The Morgan fingerprint density at radius 3 is 2.31 bits per heavy atom. The molecule has 0 aliphatic carbocycles. The summed E-state index contributed by atoms with van der Waals surface area (Å²) in [5.41, 5.74) is 6.63. The number of nitrogens with one attached hydrogen (secondary N) is 1. The summed E-state index contributed by atoms with van der Waals surface area (Å²) in [5, 5.41) is 3.05. The molecule has 0 bridgehead atoms. The molecule has 1 N–H and O–H groups in total. The summed E-state index contributed by atoms with van der Waals surface area (Å²) in [5.74, 6) is 0.718. The number of aromatic nitrogens is 1. The zero-order valence-electron chi connectivity index (χ0n) is 15.9. The fourth-order valence-corrected chi connectivity index (χ4v) is 3.18. The maximum Gasteiger partial charge on any atom is 0.257 e. The maximum absolute atomic E-state index is 12.9. The second-order valence-electron chi connectivity index (χ2n) is 6.59. The SMILES string of the molecule is COc1ccc(-n2c(C)cc(C(=O)Nc3cc(C)ccc3C)c2C)cc1. The van der Waals surface area contributed by atoms with Crippen LogP contribution in [0, 0.1) is 27.7 Å². The van der Waals surface area contributed by atoms with Crippen molar-refractivity contribution in [3.63, 3.8) is 0 Å². The minimum Gasteiger partial charge on any atom is -0.497 e. The van der Waals surface area contributed by atoms with Gasteiger partial charge in [-0.1, -0.05) is 12.1 Å². The molecule has 26 heavy (non-hydrogen) atoms. The van der Waals surface area contributed by atoms with E-state index < -0.39 is 0 Å². The average Bonchev–Trinajstić information content (AvgIpc) is 2.93. The Balaban J connectivity index is 1.93. The lowest BCUT2D eigenvalue weighted by atomic mass is 10.1. The number of hydrogen-bond acceptors (Lipinski definition) is 2. The Morgan fingerprint density at radius 1 is 0.962 bits per heavy atom. The van der Waals surface area contributed by atoms with Crippen LogP contribution in [0.25, 0.3) is 5.69 Å². The molecule has 134 valence electrons. The Hall–Kier alpha value is -3.01. The van der Waals surface area contributed by atoms with Crippen LogP contribution in [0.1, 0.15) is 32.9 Å². The predicted molar refractivity (Wildman–Crippen MR) is 106 cm³/mol. The van der Waals surface area contributed by atoms with E-state index in [1.54, 1.807) is 7.11 Å². The molecule has 4 nitrogen and oxygen atoms in total. The normalized spacial score (nSPS) is 10.7. The number of ether oxygens (including phenoxy) is 1. The molecule has 0 aliphatic rings. The molecule has 0 spiro atoms.